The van der Waals surface area contributed by atoms with Crippen LogP contribution in [0.4, 0.5) is 4.39 Å². The molecule has 2 aromatic rings. The zero-order chi connectivity index (χ0) is 27.7. The minimum atomic E-state index is -0.552. The van der Waals surface area contributed by atoms with Gasteiger partial charge in [0.1, 0.15) is 17.3 Å². The molecule has 0 aliphatic heterocycles. The molecule has 0 aromatic heterocycles. The van der Waals surface area contributed by atoms with Crippen molar-refractivity contribution in [3.63, 3.8) is 0 Å². The minimum absolute atomic E-state index is 0.0380. The Balaban J connectivity index is 0.000000625. The van der Waals surface area contributed by atoms with Crippen LogP contribution in [0.15, 0.2) is 42.5 Å². The number of amides is 1. The summed E-state index contributed by atoms with van der Waals surface area (Å²) < 4.78 is 18.5. The predicted octanol–water partition coefficient (Wildman–Crippen LogP) is 8.46. The van der Waals surface area contributed by atoms with Crippen LogP contribution in [-0.2, 0) is 9.59 Å². The molecule has 0 bridgehead atoms. The van der Waals surface area contributed by atoms with E-state index >= 15 is 0 Å². The molecule has 3 rings (SSSR count). The highest BCUT2D eigenvalue weighted by molar-refractivity contribution is 6.30. The quantitative estimate of drug-likeness (QED) is 0.398. The van der Waals surface area contributed by atoms with Crippen molar-refractivity contribution in [2.24, 2.45) is 11.8 Å². The molecular formula is C29H42Cl2FNO3. The van der Waals surface area contributed by atoms with Crippen molar-refractivity contribution in [1.29, 1.82) is 0 Å². The van der Waals surface area contributed by atoms with Gasteiger partial charge in [0, 0.05) is 17.1 Å². The fourth-order valence-electron chi connectivity index (χ4n) is 3.30. The van der Waals surface area contributed by atoms with Gasteiger partial charge in [-0.1, -0.05) is 87.9 Å². The molecule has 0 saturated heterocycles. The summed E-state index contributed by atoms with van der Waals surface area (Å²) in [7, 11) is 0. The maximum atomic E-state index is 13.2. The molecule has 1 amide bonds. The van der Waals surface area contributed by atoms with E-state index in [9.17, 15) is 14.0 Å². The molecule has 0 heterocycles. The van der Waals surface area contributed by atoms with Crippen LogP contribution < -0.4 is 10.1 Å². The molecule has 1 fully saturated rings. The monoisotopic (exact) mass is 541 g/mol. The Hall–Kier alpha value is -2.11. The summed E-state index contributed by atoms with van der Waals surface area (Å²) in [5, 5.41) is 3.80. The van der Waals surface area contributed by atoms with Gasteiger partial charge in [-0.25, -0.2) is 4.39 Å². The molecule has 3 atom stereocenters. The SMILES string of the molecule is CC(C)=O.CCC1C(C)CC1NC(=O)COc1ccc(Cl)c(F)c1.CCCC.Cc1ccc(Cl)cc1. The van der Waals surface area contributed by atoms with Gasteiger partial charge >= 0.3 is 0 Å². The molecule has 36 heavy (non-hydrogen) atoms. The average molecular weight is 543 g/mol. The predicted molar refractivity (Wildman–Crippen MR) is 150 cm³/mol. The van der Waals surface area contributed by atoms with Crippen molar-refractivity contribution in [1.82, 2.24) is 5.32 Å². The first-order valence-corrected chi connectivity index (χ1v) is 13.3. The van der Waals surface area contributed by atoms with Crippen molar-refractivity contribution < 1.29 is 18.7 Å². The van der Waals surface area contributed by atoms with E-state index in [-0.39, 0.29) is 29.4 Å². The molecule has 0 radical (unpaired) electrons. The molecule has 2 aromatic carbocycles. The van der Waals surface area contributed by atoms with Crippen molar-refractivity contribution >= 4 is 34.9 Å². The fourth-order valence-corrected chi connectivity index (χ4v) is 3.54. The summed E-state index contributed by atoms with van der Waals surface area (Å²) in [5.41, 5.74) is 1.24. The Bertz CT molecular complexity index is 879. The summed E-state index contributed by atoms with van der Waals surface area (Å²) >= 11 is 11.2. The van der Waals surface area contributed by atoms with E-state index in [0.29, 0.717) is 17.6 Å². The summed E-state index contributed by atoms with van der Waals surface area (Å²) in [6, 6.07) is 12.1. The number of Topliss-reactive ketones (excluding diaryl/α,β-unsaturated/α-hetero) is 1. The topological polar surface area (TPSA) is 55.4 Å². The van der Waals surface area contributed by atoms with Crippen LogP contribution in [0.1, 0.15) is 72.8 Å². The standard InChI is InChI=1S/C15H19ClFNO2.C7H7Cl.C4H10.C3H6O/c1-3-11-9(2)6-14(11)18-15(19)8-20-10-4-5-12(16)13(17)7-10;1-6-2-4-7(8)5-3-6;1-3-4-2;1-3(2)4/h4-5,7,9,11,14H,3,6,8H2,1-2H3,(H,18,19);2-5H,1H3;3-4H2,1-2H3;1-2H3. The van der Waals surface area contributed by atoms with E-state index in [1.54, 1.807) is 6.07 Å². The van der Waals surface area contributed by atoms with Crippen LogP contribution in [0.25, 0.3) is 0 Å². The molecule has 7 heteroatoms. The molecule has 1 aliphatic carbocycles. The molecule has 4 nitrogen and oxygen atoms in total. The largest absolute Gasteiger partial charge is 0.484 e. The first-order chi connectivity index (χ1) is 16.9. The van der Waals surface area contributed by atoms with Gasteiger partial charge < -0.3 is 14.8 Å². The lowest BCUT2D eigenvalue weighted by molar-refractivity contribution is -0.125. The van der Waals surface area contributed by atoms with Crippen LogP contribution in [0.2, 0.25) is 10.0 Å². The maximum Gasteiger partial charge on any atom is 0.258 e. The number of aryl methyl sites for hydroxylation is 1. The van der Waals surface area contributed by atoms with E-state index < -0.39 is 5.82 Å². The highest BCUT2D eigenvalue weighted by atomic mass is 35.5. The fraction of sp³-hybridized carbons (Fsp3) is 0.517. The molecule has 0 spiro atoms. The second-order valence-electron chi connectivity index (χ2n) is 9.03. The molecule has 1 saturated carbocycles. The van der Waals surface area contributed by atoms with Crippen molar-refractivity contribution in [2.45, 2.75) is 80.2 Å². The number of nitrogens with one attached hydrogen (secondary N) is 1. The van der Waals surface area contributed by atoms with Gasteiger partial charge in [-0.3, -0.25) is 4.79 Å². The number of unbranched alkanes of at least 4 members (excludes halogenated alkanes) is 1. The van der Waals surface area contributed by atoms with Gasteiger partial charge in [0.2, 0.25) is 0 Å². The van der Waals surface area contributed by atoms with Gasteiger partial charge in [0.05, 0.1) is 5.02 Å². The molecule has 202 valence electrons. The molecule has 1 aliphatic rings. The summed E-state index contributed by atoms with van der Waals surface area (Å²) in [6.07, 6.45) is 4.72. The molecular weight excluding hydrogens is 500 g/mol. The summed E-state index contributed by atoms with van der Waals surface area (Å²) in [4.78, 5) is 21.2. The average Bonchev–Trinajstić information content (AvgIpc) is 2.82. The second-order valence-corrected chi connectivity index (χ2v) is 9.87. The highest BCUT2D eigenvalue weighted by Crippen LogP contribution is 2.36. The smallest absolute Gasteiger partial charge is 0.258 e. The molecule has 3 unspecified atom stereocenters. The van der Waals surface area contributed by atoms with Crippen LogP contribution in [0.5, 0.6) is 5.75 Å². The first kappa shape index (κ1) is 33.9. The van der Waals surface area contributed by atoms with E-state index in [1.165, 1.54) is 44.4 Å². The minimum Gasteiger partial charge on any atom is -0.484 e. The normalized spacial score (nSPS) is 17.4. The number of ketones is 1. The van der Waals surface area contributed by atoms with Crippen molar-refractivity contribution in [2.75, 3.05) is 6.61 Å². The maximum absolute atomic E-state index is 13.2. The summed E-state index contributed by atoms with van der Waals surface area (Å²) in [5.74, 6) is 0.957. The van der Waals surface area contributed by atoms with Crippen LogP contribution in [-0.4, -0.2) is 24.3 Å². The number of carbonyl (C=O) groups excluding carboxylic acids is 2. The third-order valence-corrected chi connectivity index (χ3v) is 6.02. The Morgan fingerprint density at radius 1 is 1.03 bits per heavy atom. The Morgan fingerprint density at radius 3 is 2.00 bits per heavy atom. The highest BCUT2D eigenvalue weighted by Gasteiger charge is 2.37. The summed E-state index contributed by atoms with van der Waals surface area (Å²) in [6.45, 7) is 13.7. The van der Waals surface area contributed by atoms with E-state index in [0.717, 1.165) is 17.9 Å². The van der Waals surface area contributed by atoms with Crippen LogP contribution >= 0.6 is 23.2 Å². The zero-order valence-corrected chi connectivity index (χ0v) is 24.2. The number of hydrogen-bond donors (Lipinski definition) is 1. The van der Waals surface area contributed by atoms with Gasteiger partial charge in [-0.15, -0.1) is 0 Å². The number of hydrogen-bond acceptors (Lipinski definition) is 3. The Labute approximate surface area is 226 Å². The zero-order valence-electron chi connectivity index (χ0n) is 22.7. The third kappa shape index (κ3) is 15.1. The number of benzene rings is 2. The Morgan fingerprint density at radius 2 is 1.58 bits per heavy atom. The van der Waals surface area contributed by atoms with E-state index in [1.807, 2.05) is 31.2 Å². The van der Waals surface area contributed by atoms with Gasteiger partial charge in [0.25, 0.3) is 5.91 Å². The Kier molecular flexibility index (Phi) is 17.9. The number of halogens is 3. The lowest BCUT2D eigenvalue weighted by atomic mass is 9.69. The lowest BCUT2D eigenvalue weighted by Crippen LogP contribution is -2.52. The van der Waals surface area contributed by atoms with Gasteiger partial charge in [-0.05, 0) is 63.3 Å². The second kappa shape index (κ2) is 19.1. The van der Waals surface area contributed by atoms with Crippen molar-refractivity contribution in [3.8, 4) is 5.75 Å². The third-order valence-electron chi connectivity index (χ3n) is 5.46. The number of ether oxygens (including phenoxy) is 1. The molecule has 1 N–H and O–H groups in total. The lowest BCUT2D eigenvalue weighted by Gasteiger charge is -2.43. The van der Waals surface area contributed by atoms with E-state index in [2.05, 4.69) is 33.0 Å². The number of rotatable bonds is 6. The van der Waals surface area contributed by atoms with Crippen LogP contribution in [0.3, 0.4) is 0 Å². The van der Waals surface area contributed by atoms with E-state index in [4.69, 9.17) is 27.9 Å². The van der Waals surface area contributed by atoms with Gasteiger partial charge in [0.15, 0.2) is 6.61 Å². The first-order valence-electron chi connectivity index (χ1n) is 12.5. The van der Waals surface area contributed by atoms with Crippen LogP contribution in [0, 0.1) is 24.6 Å². The van der Waals surface area contributed by atoms with Crippen molar-refractivity contribution in [3.05, 3.63) is 63.9 Å². The number of carbonyl (C=O) groups is 2. The van der Waals surface area contributed by atoms with Gasteiger partial charge in [-0.2, -0.15) is 0 Å².